The first kappa shape index (κ1) is 15.4. The summed E-state index contributed by atoms with van der Waals surface area (Å²) >= 11 is 0. The zero-order chi connectivity index (χ0) is 18.7. The molecule has 0 amide bonds. The van der Waals surface area contributed by atoms with Gasteiger partial charge in [0.05, 0.1) is 12.4 Å². The SMILES string of the molecule is C[n+]1c2ccccc2n2c3ccccc3c3cccc(-c4ccccc4)c3c21. The van der Waals surface area contributed by atoms with Crippen molar-refractivity contribution >= 4 is 38.4 Å². The molecule has 0 N–H and O–H groups in total. The summed E-state index contributed by atoms with van der Waals surface area (Å²) in [6.07, 6.45) is 0. The van der Waals surface area contributed by atoms with Gasteiger partial charge >= 0.3 is 0 Å². The molecule has 0 atom stereocenters. The van der Waals surface area contributed by atoms with Crippen LogP contribution in [-0.2, 0) is 7.05 Å². The first-order valence-corrected chi connectivity index (χ1v) is 9.62. The van der Waals surface area contributed by atoms with Crippen LogP contribution in [0.1, 0.15) is 0 Å². The van der Waals surface area contributed by atoms with Crippen LogP contribution in [0.5, 0.6) is 0 Å². The summed E-state index contributed by atoms with van der Waals surface area (Å²) in [6, 6.07) is 34.7. The number of hydrogen-bond acceptors (Lipinski definition) is 0. The lowest BCUT2D eigenvalue weighted by Crippen LogP contribution is -2.27. The Bertz CT molecular complexity index is 1510. The van der Waals surface area contributed by atoms with Crippen LogP contribution < -0.4 is 4.57 Å². The van der Waals surface area contributed by atoms with Crippen molar-refractivity contribution in [1.82, 2.24) is 4.40 Å². The van der Waals surface area contributed by atoms with Crippen molar-refractivity contribution < 1.29 is 4.57 Å². The molecule has 0 aliphatic rings. The van der Waals surface area contributed by atoms with Gasteiger partial charge in [0.2, 0.25) is 0 Å². The maximum Gasteiger partial charge on any atom is 0.296 e. The predicted molar refractivity (Wildman–Crippen MR) is 117 cm³/mol. The second-order valence-corrected chi connectivity index (χ2v) is 7.32. The zero-order valence-electron chi connectivity index (χ0n) is 15.6. The highest BCUT2D eigenvalue weighted by Gasteiger charge is 2.24. The summed E-state index contributed by atoms with van der Waals surface area (Å²) in [5.41, 5.74) is 7.47. The number of fused-ring (bicyclic) bond motifs is 8. The summed E-state index contributed by atoms with van der Waals surface area (Å²) in [7, 11) is 2.17. The van der Waals surface area contributed by atoms with E-state index in [2.05, 4.69) is 113 Å². The number of rotatable bonds is 1. The summed E-state index contributed by atoms with van der Waals surface area (Å²) in [5, 5.41) is 3.87. The van der Waals surface area contributed by atoms with Gasteiger partial charge < -0.3 is 0 Å². The molecule has 2 aromatic heterocycles. The predicted octanol–water partition coefficient (Wildman–Crippen LogP) is 5.89. The van der Waals surface area contributed by atoms with Crippen molar-refractivity contribution in [2.75, 3.05) is 0 Å². The number of nitrogens with zero attached hydrogens (tertiary/aromatic N) is 2. The minimum atomic E-state index is 1.23. The van der Waals surface area contributed by atoms with Gasteiger partial charge in [-0.15, -0.1) is 0 Å². The lowest BCUT2D eigenvalue weighted by molar-refractivity contribution is -0.617. The highest BCUT2D eigenvalue weighted by Crippen LogP contribution is 2.37. The van der Waals surface area contributed by atoms with Gasteiger partial charge in [0.15, 0.2) is 11.0 Å². The van der Waals surface area contributed by atoms with E-state index in [1.807, 2.05) is 0 Å². The van der Waals surface area contributed by atoms with Gasteiger partial charge in [-0.05, 0) is 29.3 Å². The molecule has 0 spiro atoms. The Morgan fingerprint density at radius 3 is 2.14 bits per heavy atom. The number of aromatic nitrogens is 2. The van der Waals surface area contributed by atoms with Crippen LogP contribution in [0.15, 0.2) is 97.1 Å². The molecule has 28 heavy (non-hydrogen) atoms. The topological polar surface area (TPSA) is 8.29 Å². The molecular weight excluding hydrogens is 340 g/mol. The van der Waals surface area contributed by atoms with E-state index in [9.17, 15) is 0 Å². The molecule has 0 radical (unpaired) electrons. The van der Waals surface area contributed by atoms with Crippen molar-refractivity contribution in [3.05, 3.63) is 97.1 Å². The van der Waals surface area contributed by atoms with Crippen molar-refractivity contribution in [2.45, 2.75) is 0 Å². The standard InChI is InChI=1S/C26H19N2/c1-27-23-16-7-8-17-24(23)28-22-15-6-5-12-20(22)21-14-9-13-19(25(21)26(27)28)18-10-3-2-4-11-18/h2-17H,1H3/q+1. The Morgan fingerprint density at radius 2 is 1.29 bits per heavy atom. The summed E-state index contributed by atoms with van der Waals surface area (Å²) in [4.78, 5) is 0. The summed E-state index contributed by atoms with van der Waals surface area (Å²) in [6.45, 7) is 0. The Kier molecular flexibility index (Phi) is 3.12. The zero-order valence-corrected chi connectivity index (χ0v) is 15.6. The quantitative estimate of drug-likeness (QED) is 0.255. The van der Waals surface area contributed by atoms with E-state index in [1.165, 1.54) is 49.5 Å². The van der Waals surface area contributed by atoms with Crippen LogP contribution in [0, 0.1) is 0 Å². The molecule has 0 unspecified atom stereocenters. The van der Waals surface area contributed by atoms with Crippen LogP contribution in [0.2, 0.25) is 0 Å². The van der Waals surface area contributed by atoms with E-state index in [0.717, 1.165) is 0 Å². The molecule has 0 aliphatic carbocycles. The van der Waals surface area contributed by atoms with E-state index in [0.29, 0.717) is 0 Å². The molecule has 0 aliphatic heterocycles. The molecule has 0 bridgehead atoms. The fourth-order valence-corrected chi connectivity index (χ4v) is 4.61. The van der Waals surface area contributed by atoms with Gasteiger partial charge in [-0.3, -0.25) is 0 Å². The third-order valence-corrected chi connectivity index (χ3v) is 5.82. The largest absolute Gasteiger partial charge is 0.296 e. The van der Waals surface area contributed by atoms with Crippen LogP contribution in [-0.4, -0.2) is 4.40 Å². The highest BCUT2D eigenvalue weighted by atomic mass is 15.1. The number of benzene rings is 4. The van der Waals surface area contributed by atoms with Crippen molar-refractivity contribution in [2.24, 2.45) is 7.05 Å². The van der Waals surface area contributed by atoms with Crippen LogP contribution in [0.4, 0.5) is 0 Å². The fourth-order valence-electron chi connectivity index (χ4n) is 4.61. The third kappa shape index (κ3) is 1.95. The average Bonchev–Trinajstić information content (AvgIpc) is 3.07. The van der Waals surface area contributed by atoms with Gasteiger partial charge in [0, 0.05) is 10.8 Å². The molecule has 4 aromatic carbocycles. The molecule has 0 saturated carbocycles. The summed E-state index contributed by atoms with van der Waals surface area (Å²) < 4.78 is 4.75. The normalized spacial score (nSPS) is 11.8. The lowest BCUT2D eigenvalue weighted by Gasteiger charge is -2.10. The Balaban J connectivity index is 1.99. The van der Waals surface area contributed by atoms with Crippen molar-refractivity contribution in [3.63, 3.8) is 0 Å². The average molecular weight is 359 g/mol. The molecule has 2 heteroatoms. The molecule has 132 valence electrons. The van der Waals surface area contributed by atoms with Crippen LogP contribution in [0.3, 0.4) is 0 Å². The molecule has 2 nitrogen and oxygen atoms in total. The Hall–Kier alpha value is -3.65. The Morgan fingerprint density at radius 1 is 0.607 bits per heavy atom. The van der Waals surface area contributed by atoms with Gasteiger partial charge in [-0.2, -0.15) is 4.40 Å². The van der Waals surface area contributed by atoms with Gasteiger partial charge in [0.25, 0.3) is 5.65 Å². The second-order valence-electron chi connectivity index (χ2n) is 7.32. The maximum atomic E-state index is 2.42. The van der Waals surface area contributed by atoms with Gasteiger partial charge in [-0.25, -0.2) is 4.57 Å². The molecular formula is C26H19N2+. The van der Waals surface area contributed by atoms with E-state index < -0.39 is 0 Å². The van der Waals surface area contributed by atoms with Gasteiger partial charge in [-0.1, -0.05) is 78.9 Å². The second kappa shape index (κ2) is 5.67. The molecule has 2 heterocycles. The number of hydrogen-bond donors (Lipinski definition) is 0. The lowest BCUT2D eigenvalue weighted by atomic mass is 9.96. The van der Waals surface area contributed by atoms with Crippen LogP contribution in [0.25, 0.3) is 49.5 Å². The minimum Gasteiger partial charge on any atom is -0.225 e. The smallest absolute Gasteiger partial charge is 0.225 e. The first-order valence-electron chi connectivity index (χ1n) is 9.62. The monoisotopic (exact) mass is 359 g/mol. The molecule has 0 fully saturated rings. The molecule has 0 saturated heterocycles. The van der Waals surface area contributed by atoms with E-state index in [1.54, 1.807) is 0 Å². The minimum absolute atomic E-state index is 1.23. The number of aryl methyl sites for hydroxylation is 1. The van der Waals surface area contributed by atoms with E-state index in [-0.39, 0.29) is 0 Å². The molecule has 6 rings (SSSR count). The fraction of sp³-hybridized carbons (Fsp3) is 0.0385. The highest BCUT2D eigenvalue weighted by molar-refractivity contribution is 6.17. The van der Waals surface area contributed by atoms with Crippen molar-refractivity contribution in [1.29, 1.82) is 0 Å². The Labute approximate surface area is 162 Å². The third-order valence-electron chi connectivity index (χ3n) is 5.82. The number of pyridine rings is 1. The van der Waals surface area contributed by atoms with Crippen molar-refractivity contribution in [3.8, 4) is 11.1 Å². The van der Waals surface area contributed by atoms with E-state index in [4.69, 9.17) is 0 Å². The number of para-hydroxylation sites is 3. The number of imidazole rings is 1. The maximum absolute atomic E-state index is 2.42. The first-order chi connectivity index (χ1) is 13.8. The van der Waals surface area contributed by atoms with E-state index >= 15 is 0 Å². The molecule has 6 aromatic rings. The van der Waals surface area contributed by atoms with Gasteiger partial charge in [0.1, 0.15) is 5.52 Å². The van der Waals surface area contributed by atoms with Crippen LogP contribution >= 0.6 is 0 Å². The summed E-state index contributed by atoms with van der Waals surface area (Å²) in [5.74, 6) is 0.